The average molecular weight is 370 g/mol. The van der Waals surface area contributed by atoms with E-state index in [-0.39, 0.29) is 30.1 Å². The average Bonchev–Trinajstić information content (AvgIpc) is 3.28. The van der Waals surface area contributed by atoms with Gasteiger partial charge in [-0.05, 0) is 37.3 Å². The Labute approximate surface area is 155 Å². The van der Waals surface area contributed by atoms with Gasteiger partial charge in [-0.3, -0.25) is 24.2 Å². The summed E-state index contributed by atoms with van der Waals surface area (Å²) in [5, 5.41) is 8.97. The number of amidine groups is 1. The Hall–Kier alpha value is -2.48. The van der Waals surface area contributed by atoms with Gasteiger partial charge in [0.2, 0.25) is 5.91 Å². The Kier molecular flexibility index (Phi) is 4.36. The molecule has 0 radical (unpaired) electrons. The highest BCUT2D eigenvalue weighted by Crippen LogP contribution is 2.27. The maximum atomic E-state index is 12.5. The predicted molar refractivity (Wildman–Crippen MR) is 99.0 cm³/mol. The Balaban J connectivity index is 1.54. The Bertz CT molecular complexity index is 829. The molecule has 0 aromatic heterocycles. The molecule has 0 bridgehead atoms. The standard InChI is InChI=1S/C18H18N4O3S/c1-11-6-7-12(8-11)19-20-18-21(15(23)9-26-18)10-22-16(24)13-4-2-3-5-14(13)17(22)25/h2-5,11H,6-10H2,1H3/b19-12+,20-18-. The van der Waals surface area contributed by atoms with Crippen molar-refractivity contribution in [1.29, 1.82) is 0 Å². The predicted octanol–water partition coefficient (Wildman–Crippen LogP) is 2.35. The highest BCUT2D eigenvalue weighted by molar-refractivity contribution is 8.15. The molecule has 26 heavy (non-hydrogen) atoms. The number of thioether (sulfide) groups is 1. The Morgan fingerprint density at radius 3 is 2.38 bits per heavy atom. The largest absolute Gasteiger partial charge is 0.273 e. The minimum Gasteiger partial charge on any atom is -0.273 e. The molecule has 1 aromatic rings. The number of hydrogen-bond acceptors (Lipinski definition) is 6. The lowest BCUT2D eigenvalue weighted by Gasteiger charge is -2.21. The van der Waals surface area contributed by atoms with Gasteiger partial charge in [-0.25, -0.2) is 0 Å². The second-order valence-corrected chi connectivity index (χ2v) is 7.68. The fourth-order valence-electron chi connectivity index (χ4n) is 3.34. The van der Waals surface area contributed by atoms with Gasteiger partial charge < -0.3 is 0 Å². The molecular formula is C18H18N4O3S. The molecule has 1 aliphatic carbocycles. The molecule has 1 unspecified atom stereocenters. The summed E-state index contributed by atoms with van der Waals surface area (Å²) >= 11 is 1.28. The third kappa shape index (κ3) is 2.94. The van der Waals surface area contributed by atoms with Crippen LogP contribution < -0.4 is 0 Å². The Morgan fingerprint density at radius 1 is 1.08 bits per heavy atom. The SMILES string of the molecule is CC1CC/C(=N\N=C2/SCC(=O)N2CN2C(=O)c3ccccc3C2=O)C1. The molecule has 4 rings (SSSR count). The summed E-state index contributed by atoms with van der Waals surface area (Å²) in [4.78, 5) is 39.7. The molecule has 8 heteroatoms. The van der Waals surface area contributed by atoms with Crippen molar-refractivity contribution in [3.8, 4) is 0 Å². The molecule has 1 aromatic carbocycles. The topological polar surface area (TPSA) is 82.4 Å². The second-order valence-electron chi connectivity index (χ2n) is 6.73. The first-order chi connectivity index (χ1) is 12.5. The van der Waals surface area contributed by atoms with Gasteiger partial charge in [0, 0.05) is 5.71 Å². The van der Waals surface area contributed by atoms with E-state index in [1.54, 1.807) is 24.3 Å². The third-order valence-corrected chi connectivity index (χ3v) is 5.76. The first kappa shape index (κ1) is 17.0. The number of amides is 3. The first-order valence-corrected chi connectivity index (χ1v) is 9.55. The van der Waals surface area contributed by atoms with E-state index in [2.05, 4.69) is 17.1 Å². The summed E-state index contributed by atoms with van der Waals surface area (Å²) in [6.07, 6.45) is 2.96. The second kappa shape index (κ2) is 6.68. The van der Waals surface area contributed by atoms with Gasteiger partial charge in [-0.15, -0.1) is 5.10 Å². The number of hydrogen-bond donors (Lipinski definition) is 0. The molecule has 134 valence electrons. The van der Waals surface area contributed by atoms with Gasteiger partial charge in [0.25, 0.3) is 11.8 Å². The van der Waals surface area contributed by atoms with E-state index in [4.69, 9.17) is 0 Å². The van der Waals surface area contributed by atoms with Crippen molar-refractivity contribution < 1.29 is 14.4 Å². The Morgan fingerprint density at radius 2 is 1.77 bits per heavy atom. The number of carbonyl (C=O) groups is 3. The summed E-state index contributed by atoms with van der Waals surface area (Å²) in [6, 6.07) is 6.68. The number of fused-ring (bicyclic) bond motifs is 1. The summed E-state index contributed by atoms with van der Waals surface area (Å²) in [5.74, 6) is -0.0915. The number of nitrogens with zero attached hydrogens (tertiary/aromatic N) is 4. The molecular weight excluding hydrogens is 352 g/mol. The third-order valence-electron chi connectivity index (χ3n) is 4.80. The lowest BCUT2D eigenvalue weighted by atomic mass is 10.1. The van der Waals surface area contributed by atoms with Crippen molar-refractivity contribution in [2.45, 2.75) is 26.2 Å². The van der Waals surface area contributed by atoms with Crippen LogP contribution in [-0.2, 0) is 4.79 Å². The lowest BCUT2D eigenvalue weighted by Crippen LogP contribution is -2.43. The van der Waals surface area contributed by atoms with Crippen molar-refractivity contribution in [1.82, 2.24) is 9.80 Å². The zero-order valence-corrected chi connectivity index (χ0v) is 15.2. The maximum absolute atomic E-state index is 12.5. The summed E-state index contributed by atoms with van der Waals surface area (Å²) in [7, 11) is 0. The molecule has 2 fully saturated rings. The van der Waals surface area contributed by atoms with Crippen LogP contribution in [0.25, 0.3) is 0 Å². The van der Waals surface area contributed by atoms with Gasteiger partial charge in [-0.2, -0.15) is 5.10 Å². The van der Waals surface area contributed by atoms with E-state index < -0.39 is 0 Å². The maximum Gasteiger partial charge on any atom is 0.263 e. The van der Waals surface area contributed by atoms with Crippen LogP contribution in [0.5, 0.6) is 0 Å². The van der Waals surface area contributed by atoms with Crippen LogP contribution in [0, 0.1) is 5.92 Å². The van der Waals surface area contributed by atoms with Crippen LogP contribution >= 0.6 is 11.8 Å². The smallest absolute Gasteiger partial charge is 0.263 e. The quantitative estimate of drug-likeness (QED) is 0.604. The molecule has 1 saturated heterocycles. The highest BCUT2D eigenvalue weighted by Gasteiger charge is 2.39. The molecule has 1 atom stereocenters. The van der Waals surface area contributed by atoms with E-state index >= 15 is 0 Å². The molecule has 1 saturated carbocycles. The summed E-state index contributed by atoms with van der Waals surface area (Å²) in [6.45, 7) is 2.05. The molecule has 0 N–H and O–H groups in total. The van der Waals surface area contributed by atoms with Crippen LogP contribution in [0.2, 0.25) is 0 Å². The number of rotatable bonds is 3. The monoisotopic (exact) mass is 370 g/mol. The van der Waals surface area contributed by atoms with Crippen molar-refractivity contribution in [2.75, 3.05) is 12.4 Å². The van der Waals surface area contributed by atoms with Gasteiger partial charge in [0.1, 0.15) is 6.67 Å². The lowest BCUT2D eigenvalue weighted by molar-refractivity contribution is -0.124. The fourth-order valence-corrected chi connectivity index (χ4v) is 4.17. The number of carbonyl (C=O) groups excluding carboxylic acids is 3. The van der Waals surface area contributed by atoms with E-state index in [0.717, 1.165) is 29.9 Å². The van der Waals surface area contributed by atoms with E-state index in [0.29, 0.717) is 22.2 Å². The van der Waals surface area contributed by atoms with Gasteiger partial charge >= 0.3 is 0 Å². The van der Waals surface area contributed by atoms with E-state index in [1.807, 2.05) is 0 Å². The van der Waals surface area contributed by atoms with E-state index in [1.165, 1.54) is 16.7 Å². The zero-order valence-electron chi connectivity index (χ0n) is 14.3. The van der Waals surface area contributed by atoms with Gasteiger partial charge in [0.15, 0.2) is 5.17 Å². The van der Waals surface area contributed by atoms with Gasteiger partial charge in [-0.1, -0.05) is 30.8 Å². The van der Waals surface area contributed by atoms with Crippen LogP contribution in [-0.4, -0.2) is 50.8 Å². The first-order valence-electron chi connectivity index (χ1n) is 8.56. The van der Waals surface area contributed by atoms with Crippen LogP contribution in [0.4, 0.5) is 0 Å². The van der Waals surface area contributed by atoms with Crippen molar-refractivity contribution in [3.05, 3.63) is 35.4 Å². The number of imide groups is 1. The van der Waals surface area contributed by atoms with Crippen molar-refractivity contribution >= 4 is 40.4 Å². The summed E-state index contributed by atoms with van der Waals surface area (Å²) < 4.78 is 0. The minimum atomic E-state index is -0.384. The molecule has 3 aliphatic rings. The highest BCUT2D eigenvalue weighted by atomic mass is 32.2. The van der Waals surface area contributed by atoms with Gasteiger partial charge in [0.05, 0.1) is 16.9 Å². The normalized spacial score (nSPS) is 25.9. The van der Waals surface area contributed by atoms with E-state index in [9.17, 15) is 14.4 Å². The van der Waals surface area contributed by atoms with Crippen LogP contribution in [0.3, 0.4) is 0 Å². The molecule has 2 heterocycles. The van der Waals surface area contributed by atoms with Crippen LogP contribution in [0.1, 0.15) is 46.9 Å². The molecule has 0 spiro atoms. The molecule has 2 aliphatic heterocycles. The van der Waals surface area contributed by atoms with Crippen LogP contribution in [0.15, 0.2) is 34.5 Å². The summed E-state index contributed by atoms with van der Waals surface area (Å²) in [5.41, 5.74) is 1.77. The number of benzene rings is 1. The molecule has 3 amide bonds. The van der Waals surface area contributed by atoms with Crippen molar-refractivity contribution in [2.24, 2.45) is 16.1 Å². The fraction of sp³-hybridized carbons (Fsp3) is 0.389. The minimum absolute atomic E-state index is 0.127. The molecule has 7 nitrogen and oxygen atoms in total. The zero-order chi connectivity index (χ0) is 18.3. The van der Waals surface area contributed by atoms with Crippen molar-refractivity contribution in [3.63, 3.8) is 0 Å².